The van der Waals surface area contributed by atoms with E-state index in [1.165, 1.54) is 18.6 Å². The van der Waals surface area contributed by atoms with E-state index < -0.39 is 0 Å². The lowest BCUT2D eigenvalue weighted by molar-refractivity contribution is 0.606. The highest BCUT2D eigenvalue weighted by atomic mass is 15.3. The average molecular weight is 360 g/mol. The van der Waals surface area contributed by atoms with E-state index in [1.54, 1.807) is 0 Å². The molecule has 5 rings (SSSR count). The molecule has 0 radical (unpaired) electrons. The summed E-state index contributed by atoms with van der Waals surface area (Å²) >= 11 is 0. The molecule has 1 N–H and O–H groups in total. The Morgan fingerprint density at radius 1 is 1.26 bits per heavy atom. The summed E-state index contributed by atoms with van der Waals surface area (Å²) in [5, 5.41) is 7.98. The van der Waals surface area contributed by atoms with Crippen molar-refractivity contribution >= 4 is 22.9 Å². The Hall–Kier alpha value is -2.76. The van der Waals surface area contributed by atoms with Crippen LogP contribution in [-0.2, 0) is 0 Å². The summed E-state index contributed by atoms with van der Waals surface area (Å²) in [4.78, 5) is 14.1. The summed E-state index contributed by atoms with van der Waals surface area (Å²) in [6.07, 6.45) is 7.39. The van der Waals surface area contributed by atoms with Crippen molar-refractivity contribution in [3.8, 4) is 11.3 Å². The molecule has 1 aliphatic carbocycles. The van der Waals surface area contributed by atoms with Crippen molar-refractivity contribution in [1.82, 2.24) is 19.6 Å². The van der Waals surface area contributed by atoms with Crippen molar-refractivity contribution < 1.29 is 0 Å². The van der Waals surface area contributed by atoms with Gasteiger partial charge in [-0.2, -0.15) is 0 Å². The first-order valence-corrected chi connectivity index (χ1v) is 9.65. The first-order chi connectivity index (χ1) is 13.0. The number of aromatic nitrogens is 4. The number of aliphatic imine (C=N–C) groups is 1. The van der Waals surface area contributed by atoms with Gasteiger partial charge in [0.25, 0.3) is 0 Å². The highest BCUT2D eigenvalue weighted by molar-refractivity contribution is 5.88. The summed E-state index contributed by atoms with van der Waals surface area (Å²) in [5.74, 6) is 1.07. The molecule has 4 heterocycles. The number of rotatable bonds is 4. The van der Waals surface area contributed by atoms with Crippen molar-refractivity contribution in [3.05, 3.63) is 36.3 Å². The van der Waals surface area contributed by atoms with E-state index in [0.29, 0.717) is 17.3 Å². The molecule has 3 aromatic heterocycles. The molecule has 0 amide bonds. The fourth-order valence-corrected chi connectivity index (χ4v) is 3.75. The van der Waals surface area contributed by atoms with Crippen LogP contribution in [0.5, 0.6) is 0 Å². The SMILES string of the molecule is CC1=Nc2ccc(-c3ccn4nc(NCC5(C)CC5)ncc34)nc2[C@H](C)C1. The van der Waals surface area contributed by atoms with Crippen LogP contribution in [0.2, 0.25) is 0 Å². The molecule has 1 saturated carbocycles. The Morgan fingerprint density at radius 2 is 2.11 bits per heavy atom. The second kappa shape index (κ2) is 5.87. The second-order valence-corrected chi connectivity index (χ2v) is 8.36. The Morgan fingerprint density at radius 3 is 2.93 bits per heavy atom. The van der Waals surface area contributed by atoms with E-state index in [1.807, 2.05) is 23.0 Å². The second-order valence-electron chi connectivity index (χ2n) is 8.36. The van der Waals surface area contributed by atoms with Gasteiger partial charge in [-0.3, -0.25) is 9.98 Å². The van der Waals surface area contributed by atoms with Gasteiger partial charge in [0.15, 0.2) is 0 Å². The third-order valence-corrected chi connectivity index (χ3v) is 5.75. The number of nitrogens with zero attached hydrogens (tertiary/aromatic N) is 5. The highest BCUT2D eigenvalue weighted by Gasteiger charge is 2.37. The maximum absolute atomic E-state index is 4.93. The molecule has 0 aromatic carbocycles. The molecule has 138 valence electrons. The van der Waals surface area contributed by atoms with E-state index in [-0.39, 0.29) is 0 Å². The Kier molecular flexibility index (Phi) is 3.57. The van der Waals surface area contributed by atoms with Crippen LogP contribution < -0.4 is 5.32 Å². The molecule has 6 nitrogen and oxygen atoms in total. The summed E-state index contributed by atoms with van der Waals surface area (Å²) in [5.41, 5.74) is 6.64. The molecular formula is C21H24N6. The average Bonchev–Trinajstić information content (AvgIpc) is 3.24. The van der Waals surface area contributed by atoms with Gasteiger partial charge in [-0.15, -0.1) is 5.10 Å². The zero-order valence-corrected chi connectivity index (χ0v) is 16.0. The van der Waals surface area contributed by atoms with E-state index in [4.69, 9.17) is 4.98 Å². The van der Waals surface area contributed by atoms with E-state index in [9.17, 15) is 0 Å². The molecule has 1 atom stereocenters. The lowest BCUT2D eigenvalue weighted by Gasteiger charge is -2.19. The van der Waals surface area contributed by atoms with Gasteiger partial charge in [0.05, 0.1) is 28.8 Å². The Bertz CT molecular complexity index is 1060. The number of fused-ring (bicyclic) bond motifs is 2. The van der Waals surface area contributed by atoms with Crippen LogP contribution >= 0.6 is 0 Å². The smallest absolute Gasteiger partial charge is 0.241 e. The van der Waals surface area contributed by atoms with E-state index in [2.05, 4.69) is 53.3 Å². The standard InChI is InChI=1S/C21H24N6/c1-13-10-14(2)24-17-5-4-16(25-19(13)17)15-6-9-27-18(15)11-22-20(26-27)23-12-21(3)7-8-21/h4-6,9,11,13H,7-8,10,12H2,1-3H3,(H,23,26)/t13-/m1/s1. The minimum Gasteiger partial charge on any atom is -0.352 e. The minimum atomic E-state index is 0.391. The van der Waals surface area contributed by atoms with Crippen molar-refractivity contribution in [1.29, 1.82) is 0 Å². The molecule has 6 heteroatoms. The highest BCUT2D eigenvalue weighted by Crippen LogP contribution is 2.44. The zero-order chi connectivity index (χ0) is 18.6. The molecule has 3 aromatic rings. The fourth-order valence-electron chi connectivity index (χ4n) is 3.75. The molecule has 0 spiro atoms. The van der Waals surface area contributed by atoms with Crippen LogP contribution in [-0.4, -0.2) is 31.8 Å². The molecule has 0 saturated heterocycles. The topological polar surface area (TPSA) is 67.5 Å². The molecule has 27 heavy (non-hydrogen) atoms. The normalized spacial score (nSPS) is 20.3. The Balaban J connectivity index is 1.48. The maximum atomic E-state index is 4.93. The van der Waals surface area contributed by atoms with Crippen LogP contribution in [0, 0.1) is 5.41 Å². The lowest BCUT2D eigenvalue weighted by Crippen LogP contribution is -2.14. The maximum Gasteiger partial charge on any atom is 0.241 e. The predicted molar refractivity (Wildman–Crippen MR) is 108 cm³/mol. The number of hydrogen-bond acceptors (Lipinski definition) is 5. The molecular weight excluding hydrogens is 336 g/mol. The molecule has 2 aliphatic rings. The van der Waals surface area contributed by atoms with Crippen LogP contribution in [0.1, 0.15) is 51.6 Å². The van der Waals surface area contributed by atoms with Gasteiger partial charge in [-0.1, -0.05) is 13.8 Å². The van der Waals surface area contributed by atoms with Crippen LogP contribution in [0.4, 0.5) is 11.6 Å². The summed E-state index contributed by atoms with van der Waals surface area (Å²) in [6, 6.07) is 6.18. The van der Waals surface area contributed by atoms with E-state index >= 15 is 0 Å². The summed E-state index contributed by atoms with van der Waals surface area (Å²) in [7, 11) is 0. The number of nitrogens with one attached hydrogen (secondary N) is 1. The van der Waals surface area contributed by atoms with Crippen LogP contribution in [0.25, 0.3) is 16.8 Å². The van der Waals surface area contributed by atoms with Gasteiger partial charge < -0.3 is 5.32 Å². The number of hydrogen-bond donors (Lipinski definition) is 1. The minimum absolute atomic E-state index is 0.391. The third-order valence-electron chi connectivity index (χ3n) is 5.75. The zero-order valence-electron chi connectivity index (χ0n) is 16.0. The van der Waals surface area contributed by atoms with Crippen LogP contribution in [0.3, 0.4) is 0 Å². The van der Waals surface area contributed by atoms with Gasteiger partial charge in [0.2, 0.25) is 5.95 Å². The first-order valence-electron chi connectivity index (χ1n) is 9.65. The third kappa shape index (κ3) is 2.99. The number of pyridine rings is 1. The van der Waals surface area contributed by atoms with E-state index in [0.717, 1.165) is 41.1 Å². The molecule has 0 bridgehead atoms. The van der Waals surface area contributed by atoms with Gasteiger partial charge in [-0.05, 0) is 49.8 Å². The fraction of sp³-hybridized carbons (Fsp3) is 0.429. The molecule has 0 unspecified atom stereocenters. The van der Waals surface area contributed by atoms with Crippen molar-refractivity contribution in [3.63, 3.8) is 0 Å². The van der Waals surface area contributed by atoms with Crippen LogP contribution in [0.15, 0.2) is 35.6 Å². The van der Waals surface area contributed by atoms with Crippen molar-refractivity contribution in [2.45, 2.75) is 46.0 Å². The molecule has 1 fully saturated rings. The predicted octanol–water partition coefficient (Wildman–Crippen LogP) is 4.60. The number of anilines is 1. The quantitative estimate of drug-likeness (QED) is 0.738. The first kappa shape index (κ1) is 16.4. The largest absolute Gasteiger partial charge is 0.352 e. The lowest BCUT2D eigenvalue weighted by atomic mass is 9.95. The van der Waals surface area contributed by atoms with Gasteiger partial charge >= 0.3 is 0 Å². The van der Waals surface area contributed by atoms with Gasteiger partial charge in [0.1, 0.15) is 0 Å². The Labute approximate surface area is 158 Å². The monoisotopic (exact) mass is 360 g/mol. The summed E-state index contributed by atoms with van der Waals surface area (Å²) in [6.45, 7) is 7.52. The van der Waals surface area contributed by atoms with Crippen molar-refractivity contribution in [2.24, 2.45) is 10.4 Å². The van der Waals surface area contributed by atoms with Gasteiger partial charge in [0, 0.05) is 29.9 Å². The van der Waals surface area contributed by atoms with Crippen molar-refractivity contribution in [2.75, 3.05) is 11.9 Å². The molecule has 1 aliphatic heterocycles. The van der Waals surface area contributed by atoms with Gasteiger partial charge in [-0.25, -0.2) is 9.50 Å². The summed E-state index contributed by atoms with van der Waals surface area (Å²) < 4.78 is 1.88.